The Bertz CT molecular complexity index is 560. The van der Waals surface area contributed by atoms with E-state index in [4.69, 9.17) is 9.47 Å². The molecule has 1 aromatic rings. The van der Waals surface area contributed by atoms with E-state index >= 15 is 0 Å². The molecule has 1 amide bonds. The number of nitrogens with zero attached hydrogens (tertiary/aromatic N) is 3. The number of hydrogen-bond acceptors (Lipinski definition) is 5. The Kier molecular flexibility index (Phi) is 7.52. The SMILES string of the molecule is CCCCCCOc1nccnc1C1=CCCCN(C(=O)OC)C1. The van der Waals surface area contributed by atoms with Gasteiger partial charge in [0.05, 0.1) is 20.3 Å². The second-order valence-corrected chi connectivity index (χ2v) is 5.88. The molecule has 1 aliphatic heterocycles. The van der Waals surface area contributed by atoms with E-state index in [0.29, 0.717) is 25.6 Å². The summed E-state index contributed by atoms with van der Waals surface area (Å²) in [5.41, 5.74) is 1.69. The summed E-state index contributed by atoms with van der Waals surface area (Å²) in [4.78, 5) is 22.3. The molecule has 0 saturated heterocycles. The molecule has 0 radical (unpaired) electrons. The minimum absolute atomic E-state index is 0.311. The zero-order valence-corrected chi connectivity index (χ0v) is 14.7. The largest absolute Gasteiger partial charge is 0.476 e. The second-order valence-electron chi connectivity index (χ2n) is 5.88. The molecular formula is C18H27N3O3. The summed E-state index contributed by atoms with van der Waals surface area (Å²) in [5.74, 6) is 0.548. The van der Waals surface area contributed by atoms with Crippen LogP contribution in [0, 0.1) is 0 Å². The maximum atomic E-state index is 11.9. The van der Waals surface area contributed by atoms with Crippen molar-refractivity contribution in [2.45, 2.75) is 45.4 Å². The molecule has 1 aliphatic rings. The monoisotopic (exact) mass is 333 g/mol. The van der Waals surface area contributed by atoms with Crippen molar-refractivity contribution in [1.82, 2.24) is 14.9 Å². The lowest BCUT2D eigenvalue weighted by Gasteiger charge is -2.20. The number of aromatic nitrogens is 2. The number of hydrogen-bond donors (Lipinski definition) is 0. The summed E-state index contributed by atoms with van der Waals surface area (Å²) >= 11 is 0. The quantitative estimate of drug-likeness (QED) is 0.712. The first-order valence-electron chi connectivity index (χ1n) is 8.72. The third-order valence-corrected chi connectivity index (χ3v) is 4.02. The number of rotatable bonds is 7. The molecular weight excluding hydrogens is 306 g/mol. The third kappa shape index (κ3) is 5.22. The summed E-state index contributed by atoms with van der Waals surface area (Å²) in [6.45, 7) is 3.98. The summed E-state index contributed by atoms with van der Waals surface area (Å²) in [7, 11) is 1.41. The van der Waals surface area contributed by atoms with E-state index in [9.17, 15) is 4.79 Å². The van der Waals surface area contributed by atoms with E-state index in [-0.39, 0.29) is 6.09 Å². The lowest BCUT2D eigenvalue weighted by atomic mass is 10.1. The zero-order chi connectivity index (χ0) is 17.2. The average Bonchev–Trinajstić information content (AvgIpc) is 2.87. The van der Waals surface area contributed by atoms with Crippen LogP contribution >= 0.6 is 0 Å². The van der Waals surface area contributed by atoms with Gasteiger partial charge in [-0.25, -0.2) is 14.8 Å². The number of allylic oxidation sites excluding steroid dienone is 1. The van der Waals surface area contributed by atoms with Crippen LogP contribution in [0.5, 0.6) is 5.88 Å². The van der Waals surface area contributed by atoms with Gasteiger partial charge in [0.1, 0.15) is 5.69 Å². The smallest absolute Gasteiger partial charge is 0.409 e. The Labute approximate surface area is 143 Å². The van der Waals surface area contributed by atoms with Crippen LogP contribution in [0.3, 0.4) is 0 Å². The molecule has 0 fully saturated rings. The molecule has 2 rings (SSSR count). The average molecular weight is 333 g/mol. The van der Waals surface area contributed by atoms with Gasteiger partial charge in [0.15, 0.2) is 0 Å². The minimum atomic E-state index is -0.311. The van der Waals surface area contributed by atoms with Crippen molar-refractivity contribution in [3.8, 4) is 5.88 Å². The van der Waals surface area contributed by atoms with Gasteiger partial charge in [-0.2, -0.15) is 0 Å². The van der Waals surface area contributed by atoms with Crippen LogP contribution in [-0.2, 0) is 4.74 Å². The van der Waals surface area contributed by atoms with Gasteiger partial charge in [-0.3, -0.25) is 0 Å². The van der Waals surface area contributed by atoms with Crippen molar-refractivity contribution in [2.75, 3.05) is 26.8 Å². The molecule has 0 bridgehead atoms. The predicted octanol–water partition coefficient (Wildman–Crippen LogP) is 3.68. The minimum Gasteiger partial charge on any atom is -0.476 e. The van der Waals surface area contributed by atoms with Gasteiger partial charge in [0.2, 0.25) is 5.88 Å². The molecule has 1 aromatic heterocycles. The maximum absolute atomic E-state index is 11.9. The second kappa shape index (κ2) is 9.90. The molecule has 24 heavy (non-hydrogen) atoms. The van der Waals surface area contributed by atoms with Crippen LogP contribution in [-0.4, -0.2) is 47.8 Å². The fourth-order valence-electron chi connectivity index (χ4n) is 2.71. The number of carbonyl (C=O) groups is 1. The Hall–Kier alpha value is -2.11. The Morgan fingerprint density at radius 1 is 1.25 bits per heavy atom. The molecule has 0 N–H and O–H groups in total. The van der Waals surface area contributed by atoms with Crippen LogP contribution in [0.1, 0.15) is 51.1 Å². The molecule has 132 valence electrons. The Balaban J connectivity index is 2.06. The molecule has 6 nitrogen and oxygen atoms in total. The first-order valence-corrected chi connectivity index (χ1v) is 8.72. The number of ether oxygens (including phenoxy) is 2. The fourth-order valence-corrected chi connectivity index (χ4v) is 2.71. The topological polar surface area (TPSA) is 64.6 Å². The van der Waals surface area contributed by atoms with Gasteiger partial charge < -0.3 is 14.4 Å². The van der Waals surface area contributed by atoms with E-state index in [0.717, 1.165) is 37.0 Å². The van der Waals surface area contributed by atoms with E-state index in [1.54, 1.807) is 17.3 Å². The lowest BCUT2D eigenvalue weighted by molar-refractivity contribution is 0.129. The lowest BCUT2D eigenvalue weighted by Crippen LogP contribution is -2.32. The van der Waals surface area contributed by atoms with Crippen molar-refractivity contribution < 1.29 is 14.3 Å². The van der Waals surface area contributed by atoms with Crippen LogP contribution in [0.2, 0.25) is 0 Å². The Morgan fingerprint density at radius 2 is 2.08 bits per heavy atom. The first-order chi connectivity index (χ1) is 11.8. The standard InChI is InChI=1S/C18H27N3O3/c1-3-4-5-8-13-24-17-16(19-10-11-20-17)15-9-6-7-12-21(14-15)18(22)23-2/h9-11H,3-8,12-14H2,1-2H3. The number of unbranched alkanes of at least 4 members (excludes halogenated alkanes) is 3. The van der Waals surface area contributed by atoms with Crippen molar-refractivity contribution >= 4 is 11.7 Å². The van der Waals surface area contributed by atoms with Crippen LogP contribution in [0.15, 0.2) is 18.5 Å². The van der Waals surface area contributed by atoms with Crippen molar-refractivity contribution in [3.05, 3.63) is 24.2 Å². The molecule has 0 spiro atoms. The van der Waals surface area contributed by atoms with E-state index in [1.165, 1.54) is 20.0 Å². The highest BCUT2D eigenvalue weighted by Gasteiger charge is 2.21. The van der Waals surface area contributed by atoms with Gasteiger partial charge in [-0.15, -0.1) is 0 Å². The number of methoxy groups -OCH3 is 1. The fraction of sp³-hybridized carbons (Fsp3) is 0.611. The molecule has 0 aliphatic carbocycles. The molecule has 0 atom stereocenters. The van der Waals surface area contributed by atoms with Crippen molar-refractivity contribution in [3.63, 3.8) is 0 Å². The van der Waals surface area contributed by atoms with E-state index in [2.05, 4.69) is 23.0 Å². The maximum Gasteiger partial charge on any atom is 0.409 e. The van der Waals surface area contributed by atoms with Crippen LogP contribution in [0.4, 0.5) is 4.79 Å². The molecule has 2 heterocycles. The predicted molar refractivity (Wildman–Crippen MR) is 92.9 cm³/mol. The summed E-state index contributed by atoms with van der Waals surface area (Å²) in [6, 6.07) is 0. The van der Waals surface area contributed by atoms with E-state index < -0.39 is 0 Å². The highest BCUT2D eigenvalue weighted by Crippen LogP contribution is 2.25. The van der Waals surface area contributed by atoms with Gasteiger partial charge in [0.25, 0.3) is 0 Å². The van der Waals surface area contributed by atoms with Gasteiger partial charge in [-0.1, -0.05) is 32.3 Å². The van der Waals surface area contributed by atoms with Gasteiger partial charge in [0, 0.05) is 18.9 Å². The zero-order valence-electron chi connectivity index (χ0n) is 14.7. The number of amides is 1. The summed E-state index contributed by atoms with van der Waals surface area (Å²) in [6.07, 6.45) is 11.5. The van der Waals surface area contributed by atoms with Crippen molar-refractivity contribution in [2.24, 2.45) is 0 Å². The van der Waals surface area contributed by atoms with E-state index in [1.807, 2.05) is 0 Å². The number of carbonyl (C=O) groups excluding carboxylic acids is 1. The van der Waals surface area contributed by atoms with Gasteiger partial charge >= 0.3 is 6.09 Å². The van der Waals surface area contributed by atoms with Gasteiger partial charge in [-0.05, 0) is 24.8 Å². The normalized spacial score (nSPS) is 14.8. The highest BCUT2D eigenvalue weighted by molar-refractivity contribution is 5.74. The molecule has 6 heteroatoms. The van der Waals surface area contributed by atoms with Crippen molar-refractivity contribution in [1.29, 1.82) is 0 Å². The molecule has 0 aromatic carbocycles. The molecule has 0 unspecified atom stereocenters. The van der Waals surface area contributed by atoms with Crippen LogP contribution < -0.4 is 4.74 Å². The summed E-state index contributed by atoms with van der Waals surface area (Å²) in [5, 5.41) is 0. The van der Waals surface area contributed by atoms with Crippen LogP contribution in [0.25, 0.3) is 5.57 Å². The first kappa shape index (κ1) is 18.2. The molecule has 0 saturated carbocycles. The highest BCUT2D eigenvalue weighted by atomic mass is 16.5. The third-order valence-electron chi connectivity index (χ3n) is 4.02. The summed E-state index contributed by atoms with van der Waals surface area (Å²) < 4.78 is 10.7. The Morgan fingerprint density at radius 3 is 2.88 bits per heavy atom.